The standard InChI is InChI=1S/C29H22N6O/c1-19-4-2-6-22(14-19)33-24-10-12-32-28(17-24)35-29(36)21-5-3-7-23(16-21)34-27-11-13-31-26-9-8-20(18-30)15-25(26)27/h2-17H,1H3,(H,31,34)(H2,32,33,35,36). The van der Waals surface area contributed by atoms with Gasteiger partial charge in [0.1, 0.15) is 5.82 Å². The molecule has 5 aromatic rings. The molecule has 0 unspecified atom stereocenters. The van der Waals surface area contributed by atoms with Gasteiger partial charge in [0, 0.05) is 52.2 Å². The molecule has 0 bridgehead atoms. The number of anilines is 5. The van der Waals surface area contributed by atoms with Crippen LogP contribution in [0.15, 0.2) is 97.3 Å². The number of rotatable bonds is 6. The predicted octanol–water partition coefficient (Wildman–Crippen LogP) is 6.55. The summed E-state index contributed by atoms with van der Waals surface area (Å²) < 4.78 is 0. The number of fused-ring (bicyclic) bond motifs is 1. The summed E-state index contributed by atoms with van der Waals surface area (Å²) in [6, 6.07) is 28.2. The average Bonchev–Trinajstić information content (AvgIpc) is 2.89. The molecule has 0 aliphatic carbocycles. The van der Waals surface area contributed by atoms with E-state index >= 15 is 0 Å². The van der Waals surface area contributed by atoms with E-state index in [4.69, 9.17) is 0 Å². The van der Waals surface area contributed by atoms with Crippen molar-refractivity contribution in [1.29, 1.82) is 5.26 Å². The lowest BCUT2D eigenvalue weighted by Crippen LogP contribution is -2.13. The summed E-state index contributed by atoms with van der Waals surface area (Å²) in [5.41, 5.74) is 6.28. The van der Waals surface area contributed by atoms with Gasteiger partial charge in [-0.1, -0.05) is 18.2 Å². The van der Waals surface area contributed by atoms with Crippen molar-refractivity contribution in [3.05, 3.63) is 114 Å². The second-order valence-corrected chi connectivity index (χ2v) is 8.29. The zero-order valence-electron chi connectivity index (χ0n) is 19.5. The summed E-state index contributed by atoms with van der Waals surface area (Å²) in [6.07, 6.45) is 3.35. The fourth-order valence-corrected chi connectivity index (χ4v) is 3.87. The fourth-order valence-electron chi connectivity index (χ4n) is 3.87. The van der Waals surface area contributed by atoms with E-state index in [1.807, 2.05) is 61.5 Å². The SMILES string of the molecule is Cc1cccc(Nc2ccnc(NC(=O)c3cccc(Nc4ccnc5ccc(C#N)cc45)c3)c2)c1. The van der Waals surface area contributed by atoms with E-state index in [9.17, 15) is 10.1 Å². The maximum absolute atomic E-state index is 13.0. The fraction of sp³-hybridized carbons (Fsp3) is 0.0345. The van der Waals surface area contributed by atoms with Crippen molar-refractivity contribution >= 4 is 45.4 Å². The van der Waals surface area contributed by atoms with Crippen LogP contribution < -0.4 is 16.0 Å². The lowest BCUT2D eigenvalue weighted by atomic mass is 10.1. The van der Waals surface area contributed by atoms with E-state index < -0.39 is 0 Å². The van der Waals surface area contributed by atoms with Gasteiger partial charge in [-0.15, -0.1) is 0 Å². The van der Waals surface area contributed by atoms with Gasteiger partial charge in [0.25, 0.3) is 5.91 Å². The molecule has 0 saturated heterocycles. The third kappa shape index (κ3) is 5.13. The molecule has 0 fully saturated rings. The number of nitriles is 1. The minimum absolute atomic E-state index is 0.273. The predicted molar refractivity (Wildman–Crippen MR) is 143 cm³/mol. The van der Waals surface area contributed by atoms with Crippen LogP contribution >= 0.6 is 0 Å². The summed E-state index contributed by atoms with van der Waals surface area (Å²) >= 11 is 0. The zero-order valence-corrected chi connectivity index (χ0v) is 19.5. The van der Waals surface area contributed by atoms with Crippen molar-refractivity contribution in [1.82, 2.24) is 9.97 Å². The Morgan fingerprint density at radius 1 is 0.806 bits per heavy atom. The molecule has 7 nitrogen and oxygen atoms in total. The molecular formula is C29H22N6O. The Kier molecular flexibility index (Phi) is 6.24. The first-order chi connectivity index (χ1) is 17.6. The summed E-state index contributed by atoms with van der Waals surface area (Å²) in [5.74, 6) is 0.172. The van der Waals surface area contributed by atoms with Crippen LogP contribution in [0, 0.1) is 18.3 Å². The van der Waals surface area contributed by atoms with Gasteiger partial charge in [0.2, 0.25) is 0 Å². The molecule has 36 heavy (non-hydrogen) atoms. The number of nitrogens with zero attached hydrogens (tertiary/aromatic N) is 3. The molecule has 0 atom stereocenters. The number of carbonyl (C=O) groups excluding carboxylic acids is 1. The number of carbonyl (C=O) groups is 1. The van der Waals surface area contributed by atoms with Gasteiger partial charge >= 0.3 is 0 Å². The van der Waals surface area contributed by atoms with Crippen LogP contribution in [0.2, 0.25) is 0 Å². The Labute approximate surface area is 208 Å². The number of nitrogens with one attached hydrogen (secondary N) is 3. The molecule has 0 aliphatic heterocycles. The number of hydrogen-bond donors (Lipinski definition) is 3. The number of amides is 1. The van der Waals surface area contributed by atoms with Gasteiger partial charge in [0.15, 0.2) is 0 Å². The van der Waals surface area contributed by atoms with Crippen molar-refractivity contribution in [2.45, 2.75) is 6.92 Å². The van der Waals surface area contributed by atoms with E-state index in [-0.39, 0.29) is 5.91 Å². The third-order valence-electron chi connectivity index (χ3n) is 5.58. The molecule has 5 rings (SSSR count). The monoisotopic (exact) mass is 470 g/mol. The maximum atomic E-state index is 13.0. The van der Waals surface area contributed by atoms with Crippen molar-refractivity contribution in [3.63, 3.8) is 0 Å². The number of aryl methyl sites for hydroxylation is 1. The Hall–Kier alpha value is -5.22. The van der Waals surface area contributed by atoms with Gasteiger partial charge in [-0.25, -0.2) is 4.98 Å². The van der Waals surface area contributed by atoms with E-state index in [0.717, 1.165) is 39.2 Å². The minimum Gasteiger partial charge on any atom is -0.355 e. The minimum atomic E-state index is -0.273. The van der Waals surface area contributed by atoms with Crippen LogP contribution in [-0.2, 0) is 0 Å². The van der Waals surface area contributed by atoms with E-state index in [1.54, 1.807) is 42.7 Å². The molecule has 3 N–H and O–H groups in total. The highest BCUT2D eigenvalue weighted by molar-refractivity contribution is 6.04. The molecule has 3 aromatic carbocycles. The number of pyridine rings is 2. The Morgan fingerprint density at radius 2 is 1.58 bits per heavy atom. The molecule has 2 aromatic heterocycles. The smallest absolute Gasteiger partial charge is 0.256 e. The summed E-state index contributed by atoms with van der Waals surface area (Å²) in [5, 5.41) is 19.6. The second-order valence-electron chi connectivity index (χ2n) is 8.29. The van der Waals surface area contributed by atoms with Crippen LogP contribution in [0.3, 0.4) is 0 Å². The molecule has 0 spiro atoms. The number of benzene rings is 3. The molecule has 174 valence electrons. The summed E-state index contributed by atoms with van der Waals surface area (Å²) in [7, 11) is 0. The van der Waals surface area contributed by atoms with E-state index in [1.165, 1.54) is 0 Å². The molecule has 7 heteroatoms. The van der Waals surface area contributed by atoms with Crippen molar-refractivity contribution in [3.8, 4) is 6.07 Å². The first kappa shape index (κ1) is 22.6. The van der Waals surface area contributed by atoms with Gasteiger partial charge in [0.05, 0.1) is 17.1 Å². The van der Waals surface area contributed by atoms with Crippen molar-refractivity contribution in [2.24, 2.45) is 0 Å². The van der Waals surface area contributed by atoms with Crippen molar-refractivity contribution < 1.29 is 4.79 Å². The number of aromatic nitrogens is 2. The molecule has 0 aliphatic rings. The van der Waals surface area contributed by atoms with Crippen LogP contribution in [0.5, 0.6) is 0 Å². The van der Waals surface area contributed by atoms with Crippen LogP contribution in [0.1, 0.15) is 21.5 Å². The van der Waals surface area contributed by atoms with Gasteiger partial charge in [-0.05, 0) is 73.2 Å². The molecule has 2 heterocycles. The Morgan fingerprint density at radius 3 is 2.42 bits per heavy atom. The summed E-state index contributed by atoms with van der Waals surface area (Å²) in [6.45, 7) is 2.03. The van der Waals surface area contributed by atoms with Crippen LogP contribution in [0.4, 0.5) is 28.6 Å². The van der Waals surface area contributed by atoms with Gasteiger partial charge in [-0.3, -0.25) is 9.78 Å². The first-order valence-corrected chi connectivity index (χ1v) is 11.3. The molecule has 1 amide bonds. The number of hydrogen-bond acceptors (Lipinski definition) is 6. The lowest BCUT2D eigenvalue weighted by Gasteiger charge is -2.12. The second kappa shape index (κ2) is 9.95. The lowest BCUT2D eigenvalue weighted by molar-refractivity contribution is 0.102. The first-order valence-electron chi connectivity index (χ1n) is 11.3. The largest absolute Gasteiger partial charge is 0.355 e. The highest BCUT2D eigenvalue weighted by atomic mass is 16.1. The average molecular weight is 471 g/mol. The topological polar surface area (TPSA) is 103 Å². The van der Waals surface area contributed by atoms with Crippen molar-refractivity contribution in [2.75, 3.05) is 16.0 Å². The normalized spacial score (nSPS) is 10.4. The van der Waals surface area contributed by atoms with E-state index in [2.05, 4.69) is 32.0 Å². The molecule has 0 radical (unpaired) electrons. The quantitative estimate of drug-likeness (QED) is 0.260. The molecular weight excluding hydrogens is 448 g/mol. The van der Waals surface area contributed by atoms with Crippen LogP contribution in [-0.4, -0.2) is 15.9 Å². The van der Waals surface area contributed by atoms with Gasteiger partial charge < -0.3 is 16.0 Å². The molecule has 0 saturated carbocycles. The van der Waals surface area contributed by atoms with E-state index in [0.29, 0.717) is 16.9 Å². The Bertz CT molecular complexity index is 1620. The third-order valence-corrected chi connectivity index (χ3v) is 5.58. The highest BCUT2D eigenvalue weighted by Gasteiger charge is 2.10. The maximum Gasteiger partial charge on any atom is 0.256 e. The Balaban J connectivity index is 1.33. The zero-order chi connectivity index (χ0) is 24.9. The van der Waals surface area contributed by atoms with Gasteiger partial charge in [-0.2, -0.15) is 5.26 Å². The van der Waals surface area contributed by atoms with Crippen LogP contribution in [0.25, 0.3) is 10.9 Å². The summed E-state index contributed by atoms with van der Waals surface area (Å²) in [4.78, 5) is 21.6. The highest BCUT2D eigenvalue weighted by Crippen LogP contribution is 2.27.